The summed E-state index contributed by atoms with van der Waals surface area (Å²) in [6, 6.07) is 9.20. The highest BCUT2D eigenvalue weighted by Gasteiger charge is 2.30. The number of nitro groups is 1. The van der Waals surface area contributed by atoms with Crippen LogP contribution in [0.3, 0.4) is 0 Å². The molecule has 2 aromatic carbocycles. The van der Waals surface area contributed by atoms with Gasteiger partial charge in [0.1, 0.15) is 5.75 Å². The molecule has 2 aromatic rings. The summed E-state index contributed by atoms with van der Waals surface area (Å²) in [6.07, 6.45) is -4.46. The van der Waals surface area contributed by atoms with E-state index >= 15 is 0 Å². The summed E-state index contributed by atoms with van der Waals surface area (Å²) in [6.45, 7) is 1.18. The van der Waals surface area contributed by atoms with E-state index in [2.05, 4.69) is 5.32 Å². The lowest BCUT2D eigenvalue weighted by Crippen LogP contribution is -2.31. The van der Waals surface area contributed by atoms with Crippen molar-refractivity contribution < 1.29 is 27.6 Å². The fourth-order valence-corrected chi connectivity index (χ4v) is 2.16. The van der Waals surface area contributed by atoms with Gasteiger partial charge in [-0.2, -0.15) is 13.2 Å². The Morgan fingerprint density at radius 1 is 1.23 bits per heavy atom. The number of hydrogen-bond acceptors (Lipinski definition) is 4. The van der Waals surface area contributed by atoms with Crippen LogP contribution in [0.25, 0.3) is 0 Å². The van der Waals surface area contributed by atoms with Gasteiger partial charge in [-0.15, -0.1) is 0 Å². The van der Waals surface area contributed by atoms with Crippen LogP contribution < -0.4 is 10.1 Å². The quantitative estimate of drug-likeness (QED) is 0.620. The van der Waals surface area contributed by atoms with Gasteiger partial charge < -0.3 is 10.1 Å². The molecule has 1 N–H and O–H groups in total. The summed E-state index contributed by atoms with van der Waals surface area (Å²) in [5, 5.41) is 13.1. The predicted octanol–water partition coefficient (Wildman–Crippen LogP) is 3.87. The lowest BCUT2D eigenvalue weighted by molar-refractivity contribution is -0.384. The van der Waals surface area contributed by atoms with Gasteiger partial charge in [0.25, 0.3) is 11.6 Å². The van der Waals surface area contributed by atoms with Gasteiger partial charge >= 0.3 is 6.18 Å². The van der Waals surface area contributed by atoms with Gasteiger partial charge in [0.2, 0.25) is 0 Å². The van der Waals surface area contributed by atoms with E-state index in [9.17, 15) is 28.1 Å². The van der Waals surface area contributed by atoms with Gasteiger partial charge in [0.15, 0.2) is 6.61 Å². The number of halogens is 3. The Morgan fingerprint density at radius 2 is 1.88 bits per heavy atom. The number of nitrogens with zero attached hydrogens (tertiary/aromatic N) is 1. The third-order valence-electron chi connectivity index (χ3n) is 3.51. The fraction of sp³-hybridized carbons (Fsp3) is 0.235. The van der Waals surface area contributed by atoms with Crippen molar-refractivity contribution in [3.8, 4) is 5.75 Å². The number of carbonyl (C=O) groups excluding carboxylic acids is 1. The Labute approximate surface area is 146 Å². The zero-order chi connectivity index (χ0) is 19.3. The number of amides is 1. The standard InChI is InChI=1S/C17H15F3N2O4/c1-11(12-3-2-4-13(9-12)17(18,19)20)21-16(23)10-26-15-7-5-14(6-8-15)22(24)25/h2-9,11H,10H2,1H3,(H,21,23). The molecule has 26 heavy (non-hydrogen) atoms. The molecule has 138 valence electrons. The molecule has 0 fully saturated rings. The van der Waals surface area contributed by atoms with Crippen LogP contribution >= 0.6 is 0 Å². The Bertz CT molecular complexity index is 791. The summed E-state index contributed by atoms with van der Waals surface area (Å²) in [7, 11) is 0. The van der Waals surface area contributed by atoms with E-state index in [0.717, 1.165) is 12.1 Å². The first kappa shape index (κ1) is 19.2. The number of alkyl halides is 3. The zero-order valence-electron chi connectivity index (χ0n) is 13.6. The van der Waals surface area contributed by atoms with Gasteiger partial charge in [-0.05, 0) is 36.8 Å². The lowest BCUT2D eigenvalue weighted by atomic mass is 10.0. The Balaban J connectivity index is 1.92. The Hall–Kier alpha value is -3.10. The number of carbonyl (C=O) groups is 1. The predicted molar refractivity (Wildman–Crippen MR) is 86.6 cm³/mol. The molecule has 0 aliphatic rings. The van der Waals surface area contributed by atoms with Crippen molar-refractivity contribution in [2.24, 2.45) is 0 Å². The molecule has 0 heterocycles. The number of benzene rings is 2. The molecule has 0 radical (unpaired) electrons. The smallest absolute Gasteiger partial charge is 0.416 e. The molecule has 0 aromatic heterocycles. The van der Waals surface area contributed by atoms with Crippen LogP contribution in [0.5, 0.6) is 5.75 Å². The highest BCUT2D eigenvalue weighted by atomic mass is 19.4. The largest absolute Gasteiger partial charge is 0.484 e. The molecule has 0 saturated carbocycles. The molecule has 0 spiro atoms. The zero-order valence-corrected chi connectivity index (χ0v) is 13.6. The third-order valence-corrected chi connectivity index (χ3v) is 3.51. The monoisotopic (exact) mass is 368 g/mol. The van der Waals surface area contributed by atoms with Crippen LogP contribution in [0.2, 0.25) is 0 Å². The third kappa shape index (κ3) is 5.20. The molecule has 0 aliphatic heterocycles. The van der Waals surface area contributed by atoms with Crippen LogP contribution in [0.1, 0.15) is 24.1 Å². The van der Waals surface area contributed by atoms with Gasteiger partial charge in [0.05, 0.1) is 16.5 Å². The number of ether oxygens (including phenoxy) is 1. The molecule has 1 atom stereocenters. The first-order valence-electron chi connectivity index (χ1n) is 7.50. The molecular formula is C17H15F3N2O4. The molecule has 9 heteroatoms. The highest BCUT2D eigenvalue weighted by Crippen LogP contribution is 2.30. The second-order valence-corrected chi connectivity index (χ2v) is 5.45. The second-order valence-electron chi connectivity index (χ2n) is 5.45. The molecular weight excluding hydrogens is 353 g/mol. The first-order chi connectivity index (χ1) is 12.2. The molecule has 0 bridgehead atoms. The molecule has 0 saturated heterocycles. The minimum Gasteiger partial charge on any atom is -0.484 e. The van der Waals surface area contributed by atoms with Crippen molar-refractivity contribution in [2.45, 2.75) is 19.1 Å². The summed E-state index contributed by atoms with van der Waals surface area (Å²) in [4.78, 5) is 21.9. The van der Waals surface area contributed by atoms with E-state index in [4.69, 9.17) is 4.74 Å². The summed E-state index contributed by atoms with van der Waals surface area (Å²) >= 11 is 0. The van der Waals surface area contributed by atoms with E-state index in [1.807, 2.05) is 0 Å². The molecule has 1 amide bonds. The summed E-state index contributed by atoms with van der Waals surface area (Å²) < 4.78 is 43.4. The molecule has 1 unspecified atom stereocenters. The first-order valence-corrected chi connectivity index (χ1v) is 7.50. The molecule has 2 rings (SSSR count). The van der Waals surface area contributed by atoms with Crippen LogP contribution in [0.4, 0.5) is 18.9 Å². The van der Waals surface area contributed by atoms with Gasteiger partial charge in [-0.25, -0.2) is 0 Å². The number of non-ortho nitro benzene ring substituents is 1. The van der Waals surface area contributed by atoms with E-state index < -0.39 is 28.6 Å². The van der Waals surface area contributed by atoms with Crippen molar-refractivity contribution in [2.75, 3.05) is 6.61 Å². The van der Waals surface area contributed by atoms with E-state index in [0.29, 0.717) is 5.56 Å². The normalized spacial score (nSPS) is 12.3. The van der Waals surface area contributed by atoms with Gasteiger partial charge in [0, 0.05) is 12.1 Å². The van der Waals surface area contributed by atoms with Crippen LogP contribution in [0.15, 0.2) is 48.5 Å². The molecule has 6 nitrogen and oxygen atoms in total. The average Bonchev–Trinajstić information content (AvgIpc) is 2.59. The van der Waals surface area contributed by atoms with E-state index in [1.54, 1.807) is 6.92 Å². The maximum Gasteiger partial charge on any atom is 0.416 e. The lowest BCUT2D eigenvalue weighted by Gasteiger charge is -2.16. The van der Waals surface area contributed by atoms with Crippen LogP contribution in [-0.4, -0.2) is 17.4 Å². The summed E-state index contributed by atoms with van der Waals surface area (Å²) in [5.41, 5.74) is -0.596. The van der Waals surface area contributed by atoms with E-state index in [1.165, 1.54) is 36.4 Å². The van der Waals surface area contributed by atoms with Crippen molar-refractivity contribution in [3.05, 3.63) is 69.8 Å². The Morgan fingerprint density at radius 3 is 2.46 bits per heavy atom. The minimum absolute atomic E-state index is 0.111. The second kappa shape index (κ2) is 7.85. The molecule has 0 aliphatic carbocycles. The average molecular weight is 368 g/mol. The van der Waals surface area contributed by atoms with Crippen molar-refractivity contribution >= 4 is 11.6 Å². The van der Waals surface area contributed by atoms with Gasteiger partial charge in [-0.3, -0.25) is 14.9 Å². The van der Waals surface area contributed by atoms with E-state index in [-0.39, 0.29) is 18.0 Å². The van der Waals surface area contributed by atoms with Crippen molar-refractivity contribution in [1.82, 2.24) is 5.32 Å². The van der Waals surface area contributed by atoms with Crippen LogP contribution in [0, 0.1) is 10.1 Å². The SMILES string of the molecule is CC(NC(=O)COc1ccc([N+](=O)[O-])cc1)c1cccc(C(F)(F)F)c1. The highest BCUT2D eigenvalue weighted by molar-refractivity contribution is 5.78. The minimum atomic E-state index is -4.46. The number of rotatable bonds is 6. The summed E-state index contributed by atoms with van der Waals surface area (Å²) in [5.74, 6) is -0.272. The number of nitro benzene ring substituents is 1. The van der Waals surface area contributed by atoms with Gasteiger partial charge in [-0.1, -0.05) is 12.1 Å². The topological polar surface area (TPSA) is 81.5 Å². The number of nitrogens with one attached hydrogen (secondary N) is 1. The van der Waals surface area contributed by atoms with Crippen LogP contribution in [-0.2, 0) is 11.0 Å². The van der Waals surface area contributed by atoms with Crippen molar-refractivity contribution in [3.63, 3.8) is 0 Å². The van der Waals surface area contributed by atoms with Crippen molar-refractivity contribution in [1.29, 1.82) is 0 Å². The number of hydrogen-bond donors (Lipinski definition) is 1. The Kier molecular flexibility index (Phi) is 5.81. The maximum atomic E-state index is 12.7. The maximum absolute atomic E-state index is 12.7. The fourth-order valence-electron chi connectivity index (χ4n) is 2.16.